The van der Waals surface area contributed by atoms with E-state index in [-0.39, 0.29) is 25.0 Å². The van der Waals surface area contributed by atoms with Crippen LogP contribution in [0.4, 0.5) is 10.6 Å². The number of aromatic nitrogens is 3. The van der Waals surface area contributed by atoms with Gasteiger partial charge in [-0.25, -0.2) is 14.8 Å². The van der Waals surface area contributed by atoms with Gasteiger partial charge in [0, 0.05) is 32.6 Å². The number of nitrogens with one attached hydrogen (secondary N) is 1. The molecule has 3 aliphatic rings. The highest BCUT2D eigenvalue weighted by atomic mass is 16.5. The lowest BCUT2D eigenvalue weighted by molar-refractivity contribution is -0.120. The molecule has 2 aromatic heterocycles. The Hall–Kier alpha value is -3.76. The van der Waals surface area contributed by atoms with Crippen LogP contribution in [0.2, 0.25) is 0 Å². The smallest absolute Gasteiger partial charge is 0.329 e. The Balaban J connectivity index is 1.18. The summed E-state index contributed by atoms with van der Waals surface area (Å²) in [5.74, 6) is 2.51. The highest BCUT2D eigenvalue weighted by Crippen LogP contribution is 2.36. The van der Waals surface area contributed by atoms with Gasteiger partial charge in [0.15, 0.2) is 5.82 Å². The van der Waals surface area contributed by atoms with E-state index in [4.69, 9.17) is 9.72 Å². The first-order chi connectivity index (χ1) is 19.9. The molecule has 1 saturated carbocycles. The predicted molar refractivity (Wildman–Crippen MR) is 154 cm³/mol. The van der Waals surface area contributed by atoms with E-state index in [0.717, 1.165) is 29.0 Å². The van der Waals surface area contributed by atoms with Gasteiger partial charge in [-0.2, -0.15) is 0 Å². The van der Waals surface area contributed by atoms with Gasteiger partial charge in [0.25, 0.3) is 0 Å². The zero-order valence-corrected chi connectivity index (χ0v) is 23.8. The number of imide groups is 1. The van der Waals surface area contributed by atoms with Gasteiger partial charge in [-0.05, 0) is 61.4 Å². The average molecular weight is 559 g/mol. The first-order valence-corrected chi connectivity index (χ1v) is 14.7. The van der Waals surface area contributed by atoms with Crippen LogP contribution in [0, 0.1) is 5.92 Å². The lowest BCUT2D eigenvalue weighted by atomic mass is 9.88. The number of amides is 3. The summed E-state index contributed by atoms with van der Waals surface area (Å²) >= 11 is 0. The number of fused-ring (bicyclic) bond motifs is 1. The van der Waals surface area contributed by atoms with Gasteiger partial charge in [-0.15, -0.1) is 0 Å². The highest BCUT2D eigenvalue weighted by molar-refractivity contribution is 6.05. The number of nitrogens with zero attached hydrogens (tertiary/aromatic N) is 5. The van der Waals surface area contributed by atoms with Crippen molar-refractivity contribution in [3.8, 4) is 17.3 Å². The number of pyridine rings is 1. The van der Waals surface area contributed by atoms with Gasteiger partial charge in [-0.3, -0.25) is 19.9 Å². The van der Waals surface area contributed by atoms with Gasteiger partial charge < -0.3 is 14.4 Å². The maximum absolute atomic E-state index is 12.5. The number of ether oxygens (including phenoxy) is 1. The van der Waals surface area contributed by atoms with Crippen LogP contribution in [-0.2, 0) is 24.4 Å². The second-order valence-corrected chi connectivity index (χ2v) is 11.3. The molecule has 41 heavy (non-hydrogen) atoms. The third-order valence-electron chi connectivity index (χ3n) is 8.65. The van der Waals surface area contributed by atoms with E-state index in [1.54, 1.807) is 11.1 Å². The average Bonchev–Trinajstić information content (AvgIpc) is 3.55. The number of urea groups is 1. The van der Waals surface area contributed by atoms with E-state index in [1.165, 1.54) is 19.3 Å². The fraction of sp³-hybridized carbons (Fsp3) is 0.484. The largest absolute Gasteiger partial charge is 0.490 e. The second-order valence-electron chi connectivity index (χ2n) is 11.3. The van der Waals surface area contributed by atoms with E-state index in [9.17, 15) is 14.7 Å². The zero-order valence-electron chi connectivity index (χ0n) is 23.8. The molecule has 3 atom stereocenters. The van der Waals surface area contributed by atoms with Crippen LogP contribution in [0.1, 0.15) is 68.8 Å². The molecular weight excluding hydrogens is 520 g/mol. The number of anilines is 1. The molecule has 4 heterocycles. The Morgan fingerprint density at radius 2 is 1.90 bits per heavy atom. The van der Waals surface area contributed by atoms with Gasteiger partial charge in [0.05, 0.1) is 24.5 Å². The van der Waals surface area contributed by atoms with Gasteiger partial charge >= 0.3 is 6.03 Å². The Labute approximate surface area is 240 Å². The molecule has 2 aliphatic heterocycles. The quantitative estimate of drug-likeness (QED) is 0.421. The minimum Gasteiger partial charge on any atom is -0.490 e. The number of imidazole rings is 1. The lowest BCUT2D eigenvalue weighted by Gasteiger charge is -2.29. The van der Waals surface area contributed by atoms with Crippen LogP contribution < -0.4 is 15.0 Å². The fourth-order valence-corrected chi connectivity index (χ4v) is 6.34. The van der Waals surface area contributed by atoms with E-state index in [2.05, 4.69) is 52.5 Å². The van der Waals surface area contributed by atoms with Crippen LogP contribution in [0.25, 0.3) is 11.5 Å². The third kappa shape index (κ3) is 5.46. The highest BCUT2D eigenvalue weighted by Gasteiger charge is 2.33. The maximum Gasteiger partial charge on any atom is 0.329 e. The zero-order chi connectivity index (χ0) is 28.5. The van der Waals surface area contributed by atoms with Crippen molar-refractivity contribution in [1.29, 1.82) is 0 Å². The van der Waals surface area contributed by atoms with Gasteiger partial charge in [-0.1, -0.05) is 31.5 Å². The van der Waals surface area contributed by atoms with Crippen molar-refractivity contribution in [2.45, 2.75) is 77.7 Å². The summed E-state index contributed by atoms with van der Waals surface area (Å²) in [5.41, 5.74) is 3.78. The molecule has 3 aromatic rings. The van der Waals surface area contributed by atoms with Crippen LogP contribution >= 0.6 is 0 Å². The molecule has 216 valence electrons. The summed E-state index contributed by atoms with van der Waals surface area (Å²) in [5, 5.41) is 12.8. The molecule has 1 aliphatic carbocycles. The molecule has 2 N–H and O–H groups in total. The first kappa shape index (κ1) is 27.4. The van der Waals surface area contributed by atoms with E-state index in [1.807, 2.05) is 17.6 Å². The Morgan fingerprint density at radius 3 is 2.63 bits per heavy atom. The Kier molecular flexibility index (Phi) is 7.77. The first-order valence-electron chi connectivity index (χ1n) is 14.7. The molecule has 2 fully saturated rings. The molecule has 1 aromatic carbocycles. The number of benzene rings is 1. The number of aliphatic hydroxyl groups is 1. The second kappa shape index (κ2) is 11.6. The molecule has 10 nitrogen and oxygen atoms in total. The maximum atomic E-state index is 12.5. The number of hydrogen-bond acceptors (Lipinski definition) is 7. The molecular formula is C31H38N6O4. The molecule has 0 unspecified atom stereocenters. The summed E-state index contributed by atoms with van der Waals surface area (Å²) < 4.78 is 8.23. The molecule has 1 saturated heterocycles. The standard InChI is InChI=1S/C31H38N6O4/c1-3-36-28(37-15-14-27(39)34-31(37)40)16-32-30(36)24-13-10-22-18-35(25(19-38)29(22)33-24)17-21-8-11-23(12-9-21)41-26-7-5-4-6-20(26)2/h8-13,16,20,25-26,38H,3-7,14-15,17-19H2,1-2H3,(H,34,39,40)/t20-,25-,26+/m0/s1. The van der Waals surface area contributed by atoms with Crippen molar-refractivity contribution in [2.24, 2.45) is 5.92 Å². The molecule has 0 radical (unpaired) electrons. The van der Waals surface area contributed by atoms with Crippen molar-refractivity contribution >= 4 is 17.8 Å². The SMILES string of the molecule is CCn1c(N2CCC(=O)NC2=O)cnc1-c1ccc2c(n1)[C@H](CO)N(Cc1ccc(O[C@@H]3CCCC[C@@H]3C)cc1)C2. The monoisotopic (exact) mass is 558 g/mol. The Morgan fingerprint density at radius 1 is 1.10 bits per heavy atom. The van der Waals surface area contributed by atoms with E-state index < -0.39 is 6.03 Å². The third-order valence-corrected chi connectivity index (χ3v) is 8.65. The molecule has 10 heteroatoms. The van der Waals surface area contributed by atoms with Gasteiger partial charge in [0.2, 0.25) is 5.91 Å². The summed E-state index contributed by atoms with van der Waals surface area (Å²) in [7, 11) is 0. The van der Waals surface area contributed by atoms with E-state index >= 15 is 0 Å². The number of aliphatic hydroxyl groups excluding tert-OH is 1. The van der Waals surface area contributed by atoms with Crippen LogP contribution in [0.15, 0.2) is 42.6 Å². The normalized spacial score (nSPS) is 23.0. The van der Waals surface area contributed by atoms with Crippen molar-refractivity contribution < 1.29 is 19.4 Å². The van der Waals surface area contributed by atoms with E-state index in [0.29, 0.717) is 55.5 Å². The van der Waals surface area contributed by atoms with Crippen molar-refractivity contribution in [2.75, 3.05) is 18.1 Å². The topological polar surface area (TPSA) is 113 Å². The van der Waals surface area contributed by atoms with Crippen molar-refractivity contribution in [1.82, 2.24) is 24.8 Å². The van der Waals surface area contributed by atoms with Crippen LogP contribution in [0.5, 0.6) is 5.75 Å². The lowest BCUT2D eigenvalue weighted by Crippen LogP contribution is -2.50. The predicted octanol–water partition coefficient (Wildman–Crippen LogP) is 4.42. The fourth-order valence-electron chi connectivity index (χ4n) is 6.34. The van der Waals surface area contributed by atoms with Crippen molar-refractivity contribution in [3.05, 3.63) is 59.4 Å². The summed E-state index contributed by atoms with van der Waals surface area (Å²) in [6, 6.07) is 11.7. The summed E-state index contributed by atoms with van der Waals surface area (Å²) in [6.07, 6.45) is 7.08. The number of hydrogen-bond donors (Lipinski definition) is 2. The summed E-state index contributed by atoms with van der Waals surface area (Å²) in [6.45, 7) is 6.49. The van der Waals surface area contributed by atoms with Crippen LogP contribution in [-0.4, -0.2) is 55.7 Å². The molecule has 3 amide bonds. The number of carbonyl (C=O) groups excluding carboxylic acids is 2. The molecule has 0 bridgehead atoms. The van der Waals surface area contributed by atoms with Crippen molar-refractivity contribution in [3.63, 3.8) is 0 Å². The minimum atomic E-state index is -0.441. The molecule has 6 rings (SSSR count). The number of rotatable bonds is 8. The van der Waals surface area contributed by atoms with Gasteiger partial charge in [0.1, 0.15) is 23.4 Å². The molecule has 0 spiro atoms. The number of carbonyl (C=O) groups is 2. The minimum absolute atomic E-state index is 0.0420. The Bertz CT molecular complexity index is 1420. The summed E-state index contributed by atoms with van der Waals surface area (Å²) in [4.78, 5) is 37.4. The van der Waals surface area contributed by atoms with Crippen LogP contribution in [0.3, 0.4) is 0 Å².